The highest BCUT2D eigenvalue weighted by atomic mass is 16.5. The van der Waals surface area contributed by atoms with Gasteiger partial charge in [-0.25, -0.2) is 0 Å². The summed E-state index contributed by atoms with van der Waals surface area (Å²) in [5.74, 6) is 0. The van der Waals surface area contributed by atoms with E-state index >= 15 is 0 Å². The maximum Gasteiger partial charge on any atom is 0.110 e. The van der Waals surface area contributed by atoms with E-state index in [2.05, 4.69) is 44.2 Å². The van der Waals surface area contributed by atoms with Crippen molar-refractivity contribution in [2.75, 3.05) is 0 Å². The van der Waals surface area contributed by atoms with Crippen molar-refractivity contribution in [3.05, 3.63) is 47.0 Å². The first-order valence-corrected chi connectivity index (χ1v) is 4.68. The van der Waals surface area contributed by atoms with Crippen molar-refractivity contribution in [1.29, 1.82) is 0 Å². The van der Waals surface area contributed by atoms with Gasteiger partial charge in [-0.1, -0.05) is 24.3 Å². The molecule has 0 saturated carbocycles. The summed E-state index contributed by atoms with van der Waals surface area (Å²) in [6, 6.07) is 6.43. The standard InChI is InChI=1S/C12H12O/c1-8-4-3-5-9-10-6-7-12(2,13-10)11(8)9/h3-7,10H,1-2H3/t10-,12+/m0/s1. The quantitative estimate of drug-likeness (QED) is 0.547. The average Bonchev–Trinajstić information content (AvgIpc) is 2.59. The maximum absolute atomic E-state index is 5.90. The molecule has 0 aliphatic carbocycles. The van der Waals surface area contributed by atoms with Crippen molar-refractivity contribution in [3.63, 3.8) is 0 Å². The van der Waals surface area contributed by atoms with Gasteiger partial charge in [0.2, 0.25) is 0 Å². The third kappa shape index (κ3) is 0.755. The molecule has 2 bridgehead atoms. The third-order valence-corrected chi connectivity index (χ3v) is 3.07. The minimum atomic E-state index is -0.147. The number of fused-ring (bicyclic) bond motifs is 5. The van der Waals surface area contributed by atoms with Gasteiger partial charge in [0.05, 0.1) is 0 Å². The van der Waals surface area contributed by atoms with Crippen LogP contribution in [0.15, 0.2) is 30.4 Å². The lowest BCUT2D eigenvalue weighted by atomic mass is 9.85. The zero-order valence-electron chi connectivity index (χ0n) is 7.87. The molecule has 2 heterocycles. The molecule has 0 fully saturated rings. The van der Waals surface area contributed by atoms with Crippen LogP contribution in [0.25, 0.3) is 0 Å². The number of rotatable bonds is 0. The van der Waals surface area contributed by atoms with Gasteiger partial charge in [-0.05, 0) is 36.6 Å². The molecule has 1 nitrogen and oxygen atoms in total. The van der Waals surface area contributed by atoms with Crippen LogP contribution >= 0.6 is 0 Å². The molecule has 0 aromatic heterocycles. The molecule has 0 N–H and O–H groups in total. The first-order valence-electron chi connectivity index (χ1n) is 4.68. The molecule has 0 amide bonds. The lowest BCUT2D eigenvalue weighted by Gasteiger charge is -2.20. The van der Waals surface area contributed by atoms with E-state index in [0.717, 1.165) is 0 Å². The van der Waals surface area contributed by atoms with Gasteiger partial charge in [0.15, 0.2) is 0 Å². The molecular weight excluding hydrogens is 160 g/mol. The number of benzene rings is 1. The predicted molar refractivity (Wildman–Crippen MR) is 51.5 cm³/mol. The zero-order chi connectivity index (χ0) is 9.05. The van der Waals surface area contributed by atoms with Crippen molar-refractivity contribution in [1.82, 2.24) is 0 Å². The molecule has 0 radical (unpaired) electrons. The van der Waals surface area contributed by atoms with E-state index in [1.807, 2.05) is 0 Å². The SMILES string of the molecule is Cc1cccc2c1[C@@]1(C)C=C[C@@H]2O1. The van der Waals surface area contributed by atoms with Gasteiger partial charge >= 0.3 is 0 Å². The fourth-order valence-corrected chi connectivity index (χ4v) is 2.53. The number of hydrogen-bond acceptors (Lipinski definition) is 1. The van der Waals surface area contributed by atoms with Gasteiger partial charge in [0.25, 0.3) is 0 Å². The van der Waals surface area contributed by atoms with Crippen LogP contribution in [0.2, 0.25) is 0 Å². The average molecular weight is 172 g/mol. The Kier molecular flexibility index (Phi) is 1.15. The second-order valence-electron chi connectivity index (χ2n) is 4.04. The van der Waals surface area contributed by atoms with Crippen molar-refractivity contribution < 1.29 is 4.74 Å². The van der Waals surface area contributed by atoms with Crippen LogP contribution in [0.4, 0.5) is 0 Å². The Morgan fingerprint density at radius 1 is 1.38 bits per heavy atom. The molecular formula is C12H12O. The van der Waals surface area contributed by atoms with Crippen LogP contribution in [0.5, 0.6) is 0 Å². The molecule has 2 atom stereocenters. The minimum absolute atomic E-state index is 0.147. The normalized spacial score (nSPS) is 33.8. The minimum Gasteiger partial charge on any atom is -0.354 e. The second kappa shape index (κ2) is 2.05. The summed E-state index contributed by atoms with van der Waals surface area (Å²) in [6.45, 7) is 4.30. The van der Waals surface area contributed by atoms with Gasteiger partial charge < -0.3 is 4.74 Å². The molecule has 13 heavy (non-hydrogen) atoms. The maximum atomic E-state index is 5.90. The van der Waals surface area contributed by atoms with E-state index in [-0.39, 0.29) is 11.7 Å². The topological polar surface area (TPSA) is 9.23 Å². The summed E-state index contributed by atoms with van der Waals surface area (Å²) in [4.78, 5) is 0. The summed E-state index contributed by atoms with van der Waals surface area (Å²) < 4.78 is 5.90. The third-order valence-electron chi connectivity index (χ3n) is 3.07. The highest BCUT2D eigenvalue weighted by Crippen LogP contribution is 2.50. The monoisotopic (exact) mass is 172 g/mol. The second-order valence-corrected chi connectivity index (χ2v) is 4.04. The van der Waals surface area contributed by atoms with E-state index < -0.39 is 0 Å². The largest absolute Gasteiger partial charge is 0.354 e. The highest BCUT2D eigenvalue weighted by Gasteiger charge is 2.43. The summed E-state index contributed by atoms with van der Waals surface area (Å²) in [6.07, 6.45) is 4.54. The molecule has 0 saturated heterocycles. The summed E-state index contributed by atoms with van der Waals surface area (Å²) in [5.41, 5.74) is 3.92. The number of hydrogen-bond donors (Lipinski definition) is 0. The Hall–Kier alpha value is -1.08. The molecule has 3 rings (SSSR count). The Labute approximate surface area is 78.0 Å². The van der Waals surface area contributed by atoms with Gasteiger partial charge in [0.1, 0.15) is 11.7 Å². The van der Waals surface area contributed by atoms with Crippen molar-refractivity contribution in [2.24, 2.45) is 0 Å². The molecule has 2 aliphatic rings. The van der Waals surface area contributed by atoms with Crippen molar-refractivity contribution in [2.45, 2.75) is 25.6 Å². The Bertz CT molecular complexity index is 406. The summed E-state index contributed by atoms with van der Waals surface area (Å²) in [5, 5.41) is 0. The number of aryl methyl sites for hydroxylation is 1. The Morgan fingerprint density at radius 2 is 2.23 bits per heavy atom. The first-order chi connectivity index (χ1) is 6.21. The fourth-order valence-electron chi connectivity index (χ4n) is 2.53. The van der Waals surface area contributed by atoms with E-state index in [4.69, 9.17) is 4.74 Å². The molecule has 2 aliphatic heterocycles. The van der Waals surface area contributed by atoms with E-state index in [1.165, 1.54) is 16.7 Å². The molecule has 0 unspecified atom stereocenters. The van der Waals surface area contributed by atoms with Gasteiger partial charge in [-0.3, -0.25) is 0 Å². The highest BCUT2D eigenvalue weighted by molar-refractivity contribution is 5.50. The predicted octanol–water partition coefficient (Wildman–Crippen LogP) is 2.85. The summed E-state index contributed by atoms with van der Waals surface area (Å²) in [7, 11) is 0. The smallest absolute Gasteiger partial charge is 0.110 e. The number of ether oxygens (including phenoxy) is 1. The van der Waals surface area contributed by atoms with Gasteiger partial charge in [-0.2, -0.15) is 0 Å². The molecule has 0 spiro atoms. The molecule has 1 heteroatoms. The van der Waals surface area contributed by atoms with Crippen LogP contribution in [-0.4, -0.2) is 0 Å². The zero-order valence-corrected chi connectivity index (χ0v) is 7.87. The molecule has 1 aromatic carbocycles. The van der Waals surface area contributed by atoms with E-state index in [1.54, 1.807) is 0 Å². The van der Waals surface area contributed by atoms with Gasteiger partial charge in [-0.15, -0.1) is 0 Å². The first kappa shape index (κ1) is 7.34. The Morgan fingerprint density at radius 3 is 3.00 bits per heavy atom. The van der Waals surface area contributed by atoms with Crippen LogP contribution in [-0.2, 0) is 10.3 Å². The van der Waals surface area contributed by atoms with Crippen LogP contribution < -0.4 is 0 Å². The van der Waals surface area contributed by atoms with Gasteiger partial charge in [0, 0.05) is 0 Å². The van der Waals surface area contributed by atoms with Crippen LogP contribution in [0.3, 0.4) is 0 Å². The lowest BCUT2D eigenvalue weighted by molar-refractivity contribution is 0.0111. The van der Waals surface area contributed by atoms with E-state index in [0.29, 0.717) is 0 Å². The lowest BCUT2D eigenvalue weighted by Crippen LogP contribution is -2.16. The van der Waals surface area contributed by atoms with E-state index in [9.17, 15) is 0 Å². The summed E-state index contributed by atoms with van der Waals surface area (Å²) >= 11 is 0. The Balaban J connectivity index is 2.34. The van der Waals surface area contributed by atoms with Crippen LogP contribution in [0, 0.1) is 6.92 Å². The van der Waals surface area contributed by atoms with Crippen molar-refractivity contribution in [3.8, 4) is 0 Å². The molecule has 66 valence electrons. The fraction of sp³-hybridized carbons (Fsp3) is 0.333. The van der Waals surface area contributed by atoms with Crippen molar-refractivity contribution >= 4 is 0 Å². The molecule has 1 aromatic rings. The van der Waals surface area contributed by atoms with Crippen LogP contribution in [0.1, 0.15) is 29.7 Å².